The molecule has 1 amide bonds. The van der Waals surface area contributed by atoms with Crippen LogP contribution in [0.3, 0.4) is 0 Å². The Hall–Kier alpha value is -1.75. The molecule has 0 saturated heterocycles. The average molecular weight is 326 g/mol. The molecule has 6 heteroatoms. The first-order chi connectivity index (χ1) is 10.5. The molecule has 1 saturated carbocycles. The molecular formula is C16H20ClNO4. The quantitative estimate of drug-likeness (QED) is 0.756. The van der Waals surface area contributed by atoms with Gasteiger partial charge < -0.3 is 15.2 Å². The van der Waals surface area contributed by atoms with Gasteiger partial charge in [-0.15, -0.1) is 0 Å². The van der Waals surface area contributed by atoms with Crippen LogP contribution in [0.15, 0.2) is 24.3 Å². The number of hydrogen-bond donors (Lipinski definition) is 2. The Balaban J connectivity index is 1.74. The maximum atomic E-state index is 11.9. The van der Waals surface area contributed by atoms with Crippen LogP contribution in [0.4, 0.5) is 0 Å². The molecule has 1 aliphatic rings. The van der Waals surface area contributed by atoms with E-state index in [0.717, 1.165) is 12.8 Å². The van der Waals surface area contributed by atoms with Gasteiger partial charge in [-0.05, 0) is 31.4 Å². The van der Waals surface area contributed by atoms with Gasteiger partial charge in [0.15, 0.2) is 0 Å². The van der Waals surface area contributed by atoms with E-state index in [1.165, 1.54) is 0 Å². The number of halogens is 1. The van der Waals surface area contributed by atoms with Crippen LogP contribution in [0, 0.1) is 0 Å². The van der Waals surface area contributed by atoms with Crippen molar-refractivity contribution in [2.45, 2.75) is 44.1 Å². The van der Waals surface area contributed by atoms with E-state index in [9.17, 15) is 14.7 Å². The minimum absolute atomic E-state index is 0.236. The number of carbonyl (C=O) groups is 2. The van der Waals surface area contributed by atoms with E-state index >= 15 is 0 Å². The Morgan fingerprint density at radius 3 is 2.59 bits per heavy atom. The highest BCUT2D eigenvalue weighted by molar-refractivity contribution is 6.32. The summed E-state index contributed by atoms with van der Waals surface area (Å²) in [7, 11) is 0. The van der Waals surface area contributed by atoms with Crippen molar-refractivity contribution < 1.29 is 19.4 Å². The van der Waals surface area contributed by atoms with Crippen molar-refractivity contribution >= 4 is 23.5 Å². The molecule has 0 bridgehead atoms. The second-order valence-electron chi connectivity index (χ2n) is 5.52. The highest BCUT2D eigenvalue weighted by atomic mass is 35.5. The maximum absolute atomic E-state index is 11.9. The predicted molar refractivity (Wildman–Crippen MR) is 83.2 cm³/mol. The molecule has 1 aromatic carbocycles. The van der Waals surface area contributed by atoms with Gasteiger partial charge in [0.25, 0.3) is 0 Å². The van der Waals surface area contributed by atoms with E-state index < -0.39 is 11.5 Å². The van der Waals surface area contributed by atoms with Crippen molar-refractivity contribution in [1.29, 1.82) is 0 Å². The molecule has 0 aliphatic heterocycles. The largest absolute Gasteiger partial charge is 0.492 e. The van der Waals surface area contributed by atoms with Gasteiger partial charge in [0.2, 0.25) is 5.91 Å². The second-order valence-corrected chi connectivity index (χ2v) is 5.93. The molecule has 2 N–H and O–H groups in total. The summed E-state index contributed by atoms with van der Waals surface area (Å²) in [6.45, 7) is 0.358. The molecule has 0 radical (unpaired) electrons. The van der Waals surface area contributed by atoms with Crippen molar-refractivity contribution in [3.63, 3.8) is 0 Å². The fourth-order valence-electron chi connectivity index (χ4n) is 2.68. The smallest absolute Gasteiger partial charge is 0.329 e. The number of carbonyl (C=O) groups excluding carboxylic acids is 1. The van der Waals surface area contributed by atoms with E-state index in [4.69, 9.17) is 16.3 Å². The first-order valence-electron chi connectivity index (χ1n) is 7.45. The van der Waals surface area contributed by atoms with Crippen LogP contribution in [0.1, 0.15) is 38.5 Å². The highest BCUT2D eigenvalue weighted by Crippen LogP contribution is 2.30. The van der Waals surface area contributed by atoms with E-state index in [-0.39, 0.29) is 12.3 Å². The number of amides is 1. The van der Waals surface area contributed by atoms with E-state index in [1.807, 2.05) is 12.1 Å². The number of nitrogens with one attached hydrogen (secondary N) is 1. The minimum atomic E-state index is -1.07. The van der Waals surface area contributed by atoms with Crippen molar-refractivity contribution in [2.75, 3.05) is 6.61 Å². The summed E-state index contributed by atoms with van der Waals surface area (Å²) in [4.78, 5) is 23.3. The zero-order chi connectivity index (χ0) is 16.0. The van der Waals surface area contributed by atoms with Crippen LogP contribution in [0.25, 0.3) is 0 Å². The summed E-state index contributed by atoms with van der Waals surface area (Å²) < 4.78 is 5.50. The first-order valence-corrected chi connectivity index (χ1v) is 7.83. The van der Waals surface area contributed by atoms with Crippen molar-refractivity contribution in [3.8, 4) is 5.75 Å². The van der Waals surface area contributed by atoms with Gasteiger partial charge in [0.1, 0.15) is 11.3 Å². The van der Waals surface area contributed by atoms with E-state index in [0.29, 0.717) is 36.6 Å². The second kappa shape index (κ2) is 7.49. The van der Waals surface area contributed by atoms with Gasteiger partial charge in [-0.25, -0.2) is 4.79 Å². The summed E-state index contributed by atoms with van der Waals surface area (Å²) in [6.07, 6.45) is 3.42. The number of benzene rings is 1. The van der Waals surface area contributed by atoms with Crippen molar-refractivity contribution in [3.05, 3.63) is 29.3 Å². The summed E-state index contributed by atoms with van der Waals surface area (Å²) in [5.41, 5.74) is -1.07. The van der Waals surface area contributed by atoms with Gasteiger partial charge in [-0.3, -0.25) is 4.79 Å². The fraction of sp³-hybridized carbons (Fsp3) is 0.500. The number of aliphatic carboxylic acids is 1. The lowest BCUT2D eigenvalue weighted by molar-refractivity contribution is -0.147. The lowest BCUT2D eigenvalue weighted by Gasteiger charge is -2.25. The lowest BCUT2D eigenvalue weighted by Crippen LogP contribution is -2.52. The number of carboxylic acid groups (broad SMARTS) is 1. The first kappa shape index (κ1) is 16.6. The molecule has 0 spiro atoms. The van der Waals surface area contributed by atoms with Crippen LogP contribution in [0.5, 0.6) is 5.75 Å². The van der Waals surface area contributed by atoms with Gasteiger partial charge in [-0.2, -0.15) is 0 Å². The zero-order valence-electron chi connectivity index (χ0n) is 12.3. The Kier molecular flexibility index (Phi) is 5.66. The van der Waals surface area contributed by atoms with Crippen LogP contribution < -0.4 is 10.1 Å². The molecule has 1 aromatic rings. The number of hydrogen-bond acceptors (Lipinski definition) is 3. The average Bonchev–Trinajstić information content (AvgIpc) is 2.95. The van der Waals surface area contributed by atoms with E-state index in [1.54, 1.807) is 12.1 Å². The molecule has 0 unspecified atom stereocenters. The molecule has 0 atom stereocenters. The van der Waals surface area contributed by atoms with Gasteiger partial charge >= 0.3 is 5.97 Å². The van der Waals surface area contributed by atoms with Crippen LogP contribution >= 0.6 is 11.6 Å². The predicted octanol–water partition coefficient (Wildman–Crippen LogP) is 3.01. The maximum Gasteiger partial charge on any atom is 0.329 e. The monoisotopic (exact) mass is 325 g/mol. The molecule has 120 valence electrons. The summed E-state index contributed by atoms with van der Waals surface area (Å²) in [5, 5.41) is 12.5. The molecule has 0 heterocycles. The third-order valence-corrected chi connectivity index (χ3v) is 4.20. The summed E-state index contributed by atoms with van der Waals surface area (Å²) >= 11 is 5.96. The Bertz CT molecular complexity index is 541. The summed E-state index contributed by atoms with van der Waals surface area (Å²) in [5.74, 6) is -0.597. The summed E-state index contributed by atoms with van der Waals surface area (Å²) in [6, 6.07) is 7.14. The molecule has 22 heavy (non-hydrogen) atoms. The molecule has 1 fully saturated rings. The number of carboxylic acids is 1. The van der Waals surface area contributed by atoms with Crippen molar-refractivity contribution in [2.24, 2.45) is 0 Å². The topological polar surface area (TPSA) is 75.6 Å². The Morgan fingerprint density at radius 1 is 1.27 bits per heavy atom. The van der Waals surface area contributed by atoms with Crippen LogP contribution in [-0.4, -0.2) is 29.1 Å². The van der Waals surface area contributed by atoms with Gasteiger partial charge in [-0.1, -0.05) is 36.6 Å². The Labute approximate surface area is 134 Å². The fourth-order valence-corrected chi connectivity index (χ4v) is 2.87. The normalized spacial score (nSPS) is 16.2. The van der Waals surface area contributed by atoms with Gasteiger partial charge in [0.05, 0.1) is 11.6 Å². The lowest BCUT2D eigenvalue weighted by atomic mass is 9.97. The molecular weight excluding hydrogens is 306 g/mol. The number of ether oxygens (including phenoxy) is 1. The number of rotatable bonds is 7. The third-order valence-electron chi connectivity index (χ3n) is 3.89. The van der Waals surface area contributed by atoms with E-state index in [2.05, 4.69) is 5.32 Å². The Morgan fingerprint density at radius 2 is 1.95 bits per heavy atom. The molecule has 1 aliphatic carbocycles. The third kappa shape index (κ3) is 4.13. The minimum Gasteiger partial charge on any atom is -0.492 e. The van der Waals surface area contributed by atoms with Gasteiger partial charge in [0, 0.05) is 6.42 Å². The SMILES string of the molecule is O=C(CCCOc1ccccc1Cl)NC1(C(=O)O)CCCC1. The highest BCUT2D eigenvalue weighted by Gasteiger charge is 2.42. The molecule has 5 nitrogen and oxygen atoms in total. The van der Waals surface area contributed by atoms with Crippen LogP contribution in [-0.2, 0) is 9.59 Å². The van der Waals surface area contributed by atoms with Crippen LogP contribution in [0.2, 0.25) is 5.02 Å². The molecule has 2 rings (SSSR count). The molecule has 0 aromatic heterocycles. The number of para-hydroxylation sites is 1. The zero-order valence-corrected chi connectivity index (χ0v) is 13.1. The standard InChI is InChI=1S/C16H20ClNO4/c17-12-6-1-2-7-13(12)22-11-5-8-14(19)18-16(15(20)21)9-3-4-10-16/h1-2,6-7H,3-5,8-11H2,(H,18,19)(H,20,21). The van der Waals surface area contributed by atoms with Crippen molar-refractivity contribution in [1.82, 2.24) is 5.32 Å².